The second kappa shape index (κ2) is 6.40. The Labute approximate surface area is 122 Å². The number of hydrogen-bond donors (Lipinski definition) is 0. The molecule has 1 amide bonds. The first-order valence-corrected chi connectivity index (χ1v) is 7.52. The number of benzene rings is 1. The van der Waals surface area contributed by atoms with Gasteiger partial charge in [0.2, 0.25) is 5.91 Å². The molecule has 20 heavy (non-hydrogen) atoms. The Morgan fingerprint density at radius 2 is 1.65 bits per heavy atom. The number of hydrogen-bond acceptors (Lipinski definition) is 2. The molecular formula is C17H26N2O. The summed E-state index contributed by atoms with van der Waals surface area (Å²) in [5.41, 5.74) is 1.13. The number of nitrogens with zero attached hydrogens (tertiary/aromatic N) is 2. The zero-order valence-electron chi connectivity index (χ0n) is 12.9. The molecule has 0 radical (unpaired) electrons. The molecule has 1 aromatic rings. The molecule has 0 atom stereocenters. The molecule has 0 aromatic heterocycles. The Balaban J connectivity index is 1.76. The van der Waals surface area contributed by atoms with Crippen molar-refractivity contribution >= 4 is 5.91 Å². The summed E-state index contributed by atoms with van der Waals surface area (Å²) in [6, 6.07) is 10.6. The van der Waals surface area contributed by atoms with E-state index in [1.54, 1.807) is 0 Å². The minimum absolute atomic E-state index is 0.258. The van der Waals surface area contributed by atoms with Gasteiger partial charge in [-0.1, -0.05) is 51.1 Å². The quantitative estimate of drug-likeness (QED) is 0.845. The number of carbonyl (C=O) groups excluding carboxylic acids is 1. The van der Waals surface area contributed by atoms with Gasteiger partial charge in [0.1, 0.15) is 0 Å². The van der Waals surface area contributed by atoms with Crippen molar-refractivity contribution in [2.75, 3.05) is 32.7 Å². The molecule has 0 saturated carbocycles. The van der Waals surface area contributed by atoms with Crippen LogP contribution in [0.5, 0.6) is 0 Å². The van der Waals surface area contributed by atoms with Crippen molar-refractivity contribution < 1.29 is 4.79 Å². The summed E-state index contributed by atoms with van der Waals surface area (Å²) in [4.78, 5) is 16.7. The van der Waals surface area contributed by atoms with Crippen molar-refractivity contribution in [2.45, 2.75) is 27.2 Å². The summed E-state index contributed by atoms with van der Waals surface area (Å²) in [5.74, 6) is 0.278. The number of piperazine rings is 1. The Bertz CT molecular complexity index is 428. The van der Waals surface area contributed by atoms with Gasteiger partial charge in [0.15, 0.2) is 0 Å². The SMILES string of the molecule is CC(C)(C)C(=O)N1CCN(CCc2ccccc2)CC1. The minimum atomic E-state index is -0.258. The summed E-state index contributed by atoms with van der Waals surface area (Å²) < 4.78 is 0. The van der Waals surface area contributed by atoms with Crippen LogP contribution >= 0.6 is 0 Å². The van der Waals surface area contributed by atoms with E-state index < -0.39 is 0 Å². The van der Waals surface area contributed by atoms with Crippen LogP contribution in [-0.2, 0) is 11.2 Å². The van der Waals surface area contributed by atoms with Gasteiger partial charge in [0.05, 0.1) is 0 Å². The topological polar surface area (TPSA) is 23.6 Å². The molecular weight excluding hydrogens is 248 g/mol. The van der Waals surface area contributed by atoms with Crippen molar-refractivity contribution in [1.29, 1.82) is 0 Å². The molecule has 1 aliphatic rings. The minimum Gasteiger partial charge on any atom is -0.340 e. The lowest BCUT2D eigenvalue weighted by Gasteiger charge is -2.37. The van der Waals surface area contributed by atoms with Crippen LogP contribution in [0.4, 0.5) is 0 Å². The number of carbonyl (C=O) groups is 1. The highest BCUT2D eigenvalue weighted by Crippen LogP contribution is 2.18. The second-order valence-electron chi connectivity index (χ2n) is 6.62. The van der Waals surface area contributed by atoms with Gasteiger partial charge >= 0.3 is 0 Å². The van der Waals surface area contributed by atoms with Gasteiger partial charge in [-0.25, -0.2) is 0 Å². The fraction of sp³-hybridized carbons (Fsp3) is 0.588. The summed E-state index contributed by atoms with van der Waals surface area (Å²) in [7, 11) is 0. The summed E-state index contributed by atoms with van der Waals surface area (Å²) in [5, 5.41) is 0. The largest absolute Gasteiger partial charge is 0.340 e. The van der Waals surface area contributed by atoms with E-state index in [9.17, 15) is 4.79 Å². The molecule has 0 bridgehead atoms. The van der Waals surface area contributed by atoms with Gasteiger partial charge in [0.25, 0.3) is 0 Å². The molecule has 0 unspecified atom stereocenters. The van der Waals surface area contributed by atoms with Crippen LogP contribution in [0.2, 0.25) is 0 Å². The van der Waals surface area contributed by atoms with E-state index in [0.29, 0.717) is 0 Å². The molecule has 0 N–H and O–H groups in total. The summed E-state index contributed by atoms with van der Waals surface area (Å²) >= 11 is 0. The highest BCUT2D eigenvalue weighted by atomic mass is 16.2. The number of amides is 1. The maximum Gasteiger partial charge on any atom is 0.228 e. The Hall–Kier alpha value is -1.35. The Morgan fingerprint density at radius 1 is 1.05 bits per heavy atom. The lowest BCUT2D eigenvalue weighted by atomic mass is 9.94. The molecule has 3 heteroatoms. The molecule has 1 aromatic carbocycles. The van der Waals surface area contributed by atoms with Crippen molar-refractivity contribution in [3.8, 4) is 0 Å². The number of rotatable bonds is 3. The highest BCUT2D eigenvalue weighted by Gasteiger charge is 2.29. The van der Waals surface area contributed by atoms with Crippen molar-refractivity contribution in [1.82, 2.24) is 9.80 Å². The molecule has 0 aliphatic carbocycles. The normalized spacial score (nSPS) is 17.2. The molecule has 110 valence electrons. The van der Waals surface area contributed by atoms with E-state index in [-0.39, 0.29) is 11.3 Å². The summed E-state index contributed by atoms with van der Waals surface area (Å²) in [6.07, 6.45) is 1.09. The van der Waals surface area contributed by atoms with E-state index in [1.807, 2.05) is 25.7 Å². The van der Waals surface area contributed by atoms with E-state index in [4.69, 9.17) is 0 Å². The fourth-order valence-electron chi connectivity index (χ4n) is 2.58. The lowest BCUT2D eigenvalue weighted by molar-refractivity contribution is -0.141. The first kappa shape index (κ1) is 15.0. The van der Waals surface area contributed by atoms with Crippen LogP contribution in [-0.4, -0.2) is 48.4 Å². The predicted molar refractivity (Wildman–Crippen MR) is 82.6 cm³/mol. The maximum absolute atomic E-state index is 12.2. The summed E-state index contributed by atoms with van der Waals surface area (Å²) in [6.45, 7) is 10.8. The van der Waals surface area contributed by atoms with Crippen LogP contribution in [0.3, 0.4) is 0 Å². The van der Waals surface area contributed by atoms with Crippen molar-refractivity contribution in [3.63, 3.8) is 0 Å². The average molecular weight is 274 g/mol. The Kier molecular flexibility index (Phi) is 4.81. The van der Waals surface area contributed by atoms with Gasteiger partial charge in [0, 0.05) is 38.1 Å². The highest BCUT2D eigenvalue weighted by molar-refractivity contribution is 5.81. The molecule has 1 saturated heterocycles. The first-order valence-electron chi connectivity index (χ1n) is 7.52. The van der Waals surface area contributed by atoms with Gasteiger partial charge in [-0.2, -0.15) is 0 Å². The smallest absolute Gasteiger partial charge is 0.228 e. The van der Waals surface area contributed by atoms with Crippen LogP contribution in [0.25, 0.3) is 0 Å². The predicted octanol–water partition coefficient (Wildman–Crippen LogP) is 2.42. The van der Waals surface area contributed by atoms with Crippen LogP contribution in [0.1, 0.15) is 26.3 Å². The van der Waals surface area contributed by atoms with Crippen LogP contribution in [0.15, 0.2) is 30.3 Å². The zero-order valence-corrected chi connectivity index (χ0v) is 12.9. The van der Waals surface area contributed by atoms with Crippen molar-refractivity contribution in [2.24, 2.45) is 5.41 Å². The third-order valence-corrected chi connectivity index (χ3v) is 3.86. The molecule has 2 rings (SSSR count). The van der Waals surface area contributed by atoms with Gasteiger partial charge < -0.3 is 4.90 Å². The average Bonchev–Trinajstić information content (AvgIpc) is 2.45. The third kappa shape index (κ3) is 4.07. The van der Waals surface area contributed by atoms with Crippen LogP contribution < -0.4 is 0 Å². The van der Waals surface area contributed by atoms with Crippen molar-refractivity contribution in [3.05, 3.63) is 35.9 Å². The molecule has 1 aliphatic heterocycles. The van der Waals surface area contributed by atoms with Gasteiger partial charge in [-0.3, -0.25) is 9.69 Å². The van der Waals surface area contributed by atoms with E-state index in [0.717, 1.165) is 39.1 Å². The third-order valence-electron chi connectivity index (χ3n) is 3.86. The van der Waals surface area contributed by atoms with E-state index >= 15 is 0 Å². The van der Waals surface area contributed by atoms with Gasteiger partial charge in [-0.15, -0.1) is 0 Å². The second-order valence-corrected chi connectivity index (χ2v) is 6.62. The molecule has 0 spiro atoms. The zero-order chi connectivity index (χ0) is 14.6. The van der Waals surface area contributed by atoms with E-state index in [2.05, 4.69) is 35.2 Å². The standard InChI is InChI=1S/C17H26N2O/c1-17(2,3)16(20)19-13-11-18(12-14-19)10-9-15-7-5-4-6-8-15/h4-8H,9-14H2,1-3H3. The monoisotopic (exact) mass is 274 g/mol. The fourth-order valence-corrected chi connectivity index (χ4v) is 2.58. The van der Waals surface area contributed by atoms with Gasteiger partial charge in [-0.05, 0) is 12.0 Å². The molecule has 3 nitrogen and oxygen atoms in total. The van der Waals surface area contributed by atoms with E-state index in [1.165, 1.54) is 5.56 Å². The first-order chi connectivity index (χ1) is 9.47. The van der Waals surface area contributed by atoms with Crippen LogP contribution in [0, 0.1) is 5.41 Å². The maximum atomic E-state index is 12.2. The molecule has 1 heterocycles. The molecule has 1 fully saturated rings. The lowest BCUT2D eigenvalue weighted by Crippen LogP contribution is -2.51. The Morgan fingerprint density at radius 3 is 2.20 bits per heavy atom.